The lowest BCUT2D eigenvalue weighted by Crippen LogP contribution is -1.95. The standard InChI is InChI=1S/C16H15N3OS/c17-15-10-18-16(21-15)19-13-6-8-14(9-7-13)20-11-12-4-2-1-3-5-12/h1-10H,11,17H2,(H,18,19). The Bertz CT molecular complexity index is 695. The molecule has 21 heavy (non-hydrogen) atoms. The van der Waals surface area contributed by atoms with E-state index in [9.17, 15) is 0 Å². The van der Waals surface area contributed by atoms with Crippen LogP contribution in [-0.4, -0.2) is 4.98 Å². The van der Waals surface area contributed by atoms with Crippen LogP contribution in [0.2, 0.25) is 0 Å². The third-order valence-corrected chi connectivity index (χ3v) is 3.62. The molecule has 0 saturated heterocycles. The summed E-state index contributed by atoms with van der Waals surface area (Å²) in [4.78, 5) is 4.16. The van der Waals surface area contributed by atoms with E-state index in [4.69, 9.17) is 10.5 Å². The molecule has 0 saturated carbocycles. The monoisotopic (exact) mass is 297 g/mol. The van der Waals surface area contributed by atoms with Crippen molar-refractivity contribution in [1.82, 2.24) is 4.98 Å². The van der Waals surface area contributed by atoms with Crippen molar-refractivity contribution >= 4 is 27.2 Å². The quantitative estimate of drug-likeness (QED) is 0.746. The van der Waals surface area contributed by atoms with E-state index in [1.54, 1.807) is 6.20 Å². The average Bonchev–Trinajstić information content (AvgIpc) is 2.93. The molecule has 5 heteroatoms. The zero-order valence-electron chi connectivity index (χ0n) is 11.3. The lowest BCUT2D eigenvalue weighted by atomic mass is 10.2. The number of benzene rings is 2. The van der Waals surface area contributed by atoms with Crippen LogP contribution in [0.5, 0.6) is 5.75 Å². The number of thiazole rings is 1. The van der Waals surface area contributed by atoms with Gasteiger partial charge in [0.15, 0.2) is 5.13 Å². The molecular weight excluding hydrogens is 282 g/mol. The zero-order valence-corrected chi connectivity index (χ0v) is 12.1. The second-order valence-corrected chi connectivity index (χ2v) is 5.55. The Hall–Kier alpha value is -2.53. The third kappa shape index (κ3) is 3.73. The topological polar surface area (TPSA) is 60.2 Å². The number of hydrogen-bond acceptors (Lipinski definition) is 5. The van der Waals surface area contributed by atoms with Crippen LogP contribution in [0.15, 0.2) is 60.8 Å². The largest absolute Gasteiger partial charge is 0.489 e. The Labute approximate surface area is 127 Å². The predicted octanol–water partition coefficient (Wildman–Crippen LogP) is 4.05. The first-order chi connectivity index (χ1) is 10.3. The van der Waals surface area contributed by atoms with Gasteiger partial charge >= 0.3 is 0 Å². The maximum Gasteiger partial charge on any atom is 0.189 e. The summed E-state index contributed by atoms with van der Waals surface area (Å²) in [5, 5.41) is 4.68. The van der Waals surface area contributed by atoms with Crippen LogP contribution in [0.1, 0.15) is 5.56 Å². The molecule has 1 heterocycles. The second kappa shape index (κ2) is 6.28. The molecule has 0 aliphatic heterocycles. The van der Waals surface area contributed by atoms with Crippen LogP contribution in [0.3, 0.4) is 0 Å². The maximum atomic E-state index is 5.74. The van der Waals surface area contributed by atoms with Crippen molar-refractivity contribution in [2.75, 3.05) is 11.1 Å². The van der Waals surface area contributed by atoms with E-state index >= 15 is 0 Å². The molecule has 2 aromatic carbocycles. The van der Waals surface area contributed by atoms with E-state index in [1.807, 2.05) is 54.6 Å². The fourth-order valence-electron chi connectivity index (χ4n) is 1.84. The molecule has 0 spiro atoms. The van der Waals surface area contributed by atoms with E-state index < -0.39 is 0 Å². The van der Waals surface area contributed by atoms with Crippen molar-refractivity contribution in [1.29, 1.82) is 0 Å². The number of nitrogens with one attached hydrogen (secondary N) is 1. The van der Waals surface area contributed by atoms with Crippen molar-refractivity contribution < 1.29 is 4.74 Å². The molecule has 0 radical (unpaired) electrons. The van der Waals surface area contributed by atoms with E-state index in [1.165, 1.54) is 11.3 Å². The number of nitrogens with zero attached hydrogens (tertiary/aromatic N) is 1. The molecule has 3 aromatic rings. The highest BCUT2D eigenvalue weighted by Crippen LogP contribution is 2.25. The number of ether oxygens (including phenoxy) is 1. The fraction of sp³-hybridized carbons (Fsp3) is 0.0625. The Morgan fingerprint density at radius 1 is 1.05 bits per heavy atom. The minimum Gasteiger partial charge on any atom is -0.489 e. The fourth-order valence-corrected chi connectivity index (χ4v) is 2.45. The minimum absolute atomic E-state index is 0.566. The van der Waals surface area contributed by atoms with Crippen LogP contribution < -0.4 is 15.8 Å². The molecule has 0 bridgehead atoms. The van der Waals surface area contributed by atoms with Crippen molar-refractivity contribution in [3.05, 3.63) is 66.4 Å². The number of nitrogens with two attached hydrogens (primary N) is 1. The summed E-state index contributed by atoms with van der Waals surface area (Å²) < 4.78 is 5.74. The molecule has 1 aromatic heterocycles. The SMILES string of the molecule is Nc1cnc(Nc2ccc(OCc3ccccc3)cc2)s1. The molecule has 0 amide bonds. The molecule has 106 valence electrons. The summed E-state index contributed by atoms with van der Waals surface area (Å²) in [7, 11) is 0. The van der Waals surface area contributed by atoms with Gasteiger partial charge in [-0.1, -0.05) is 41.7 Å². The van der Waals surface area contributed by atoms with Gasteiger partial charge in [0.1, 0.15) is 17.4 Å². The summed E-state index contributed by atoms with van der Waals surface area (Å²) in [5.74, 6) is 0.836. The number of nitrogen functional groups attached to an aromatic ring is 1. The summed E-state index contributed by atoms with van der Waals surface area (Å²) in [6, 6.07) is 17.9. The number of aromatic nitrogens is 1. The Kier molecular flexibility index (Phi) is 4.02. The molecule has 0 atom stereocenters. The van der Waals surface area contributed by atoms with E-state index in [-0.39, 0.29) is 0 Å². The van der Waals surface area contributed by atoms with Gasteiger partial charge in [0.25, 0.3) is 0 Å². The van der Waals surface area contributed by atoms with Gasteiger partial charge in [-0.3, -0.25) is 0 Å². The van der Waals surface area contributed by atoms with E-state index in [0.717, 1.165) is 22.1 Å². The van der Waals surface area contributed by atoms with Gasteiger partial charge in [-0.05, 0) is 29.8 Å². The zero-order chi connectivity index (χ0) is 14.5. The van der Waals surface area contributed by atoms with Gasteiger partial charge in [0, 0.05) is 5.69 Å². The Balaban J connectivity index is 1.59. The first-order valence-electron chi connectivity index (χ1n) is 6.55. The highest BCUT2D eigenvalue weighted by atomic mass is 32.1. The smallest absolute Gasteiger partial charge is 0.189 e. The molecular formula is C16H15N3OS. The van der Waals surface area contributed by atoms with Gasteiger partial charge in [0.05, 0.1) is 6.20 Å². The summed E-state index contributed by atoms with van der Waals surface area (Å²) in [6.07, 6.45) is 1.64. The molecule has 4 nitrogen and oxygen atoms in total. The van der Waals surface area contributed by atoms with Gasteiger partial charge in [-0.2, -0.15) is 0 Å². The molecule has 0 aliphatic rings. The van der Waals surface area contributed by atoms with Gasteiger partial charge < -0.3 is 15.8 Å². The van der Waals surface area contributed by atoms with E-state index in [0.29, 0.717) is 11.6 Å². The molecule has 0 fully saturated rings. The van der Waals surface area contributed by atoms with Crippen molar-refractivity contribution in [3.63, 3.8) is 0 Å². The highest BCUT2D eigenvalue weighted by Gasteiger charge is 2.00. The lowest BCUT2D eigenvalue weighted by Gasteiger charge is -2.07. The molecule has 0 unspecified atom stereocenters. The summed E-state index contributed by atoms with van der Waals surface area (Å²) in [6.45, 7) is 0.566. The first kappa shape index (κ1) is 13.5. The molecule has 0 aliphatic carbocycles. The van der Waals surface area contributed by atoms with E-state index in [2.05, 4.69) is 10.3 Å². The number of anilines is 3. The van der Waals surface area contributed by atoms with Crippen molar-refractivity contribution in [3.8, 4) is 5.75 Å². The highest BCUT2D eigenvalue weighted by molar-refractivity contribution is 7.19. The van der Waals surface area contributed by atoms with Crippen LogP contribution in [0.4, 0.5) is 15.8 Å². The van der Waals surface area contributed by atoms with Crippen LogP contribution in [0.25, 0.3) is 0 Å². The van der Waals surface area contributed by atoms with Crippen molar-refractivity contribution in [2.45, 2.75) is 6.61 Å². The normalized spacial score (nSPS) is 10.3. The first-order valence-corrected chi connectivity index (χ1v) is 7.36. The van der Waals surface area contributed by atoms with Gasteiger partial charge in [0.2, 0.25) is 0 Å². The van der Waals surface area contributed by atoms with Gasteiger partial charge in [-0.25, -0.2) is 4.98 Å². The second-order valence-electron chi connectivity index (χ2n) is 4.49. The number of hydrogen-bond donors (Lipinski definition) is 2. The molecule has 3 N–H and O–H groups in total. The number of rotatable bonds is 5. The van der Waals surface area contributed by atoms with Crippen molar-refractivity contribution in [2.24, 2.45) is 0 Å². The van der Waals surface area contributed by atoms with Crippen LogP contribution in [-0.2, 0) is 6.61 Å². The average molecular weight is 297 g/mol. The van der Waals surface area contributed by atoms with Gasteiger partial charge in [-0.15, -0.1) is 0 Å². The maximum absolute atomic E-state index is 5.74. The lowest BCUT2D eigenvalue weighted by molar-refractivity contribution is 0.306. The Morgan fingerprint density at radius 3 is 2.48 bits per heavy atom. The Morgan fingerprint density at radius 2 is 1.81 bits per heavy atom. The van der Waals surface area contributed by atoms with Crippen LogP contribution in [0, 0.1) is 0 Å². The molecule has 3 rings (SSSR count). The third-order valence-electron chi connectivity index (χ3n) is 2.88. The summed E-state index contributed by atoms with van der Waals surface area (Å²) >= 11 is 1.42. The van der Waals surface area contributed by atoms with Crippen LogP contribution >= 0.6 is 11.3 Å². The minimum atomic E-state index is 0.566. The predicted molar refractivity (Wildman–Crippen MR) is 87.0 cm³/mol. The summed E-state index contributed by atoms with van der Waals surface area (Å²) in [5.41, 5.74) is 7.75.